The summed E-state index contributed by atoms with van der Waals surface area (Å²) in [7, 11) is -2.07. The smallest absolute Gasteiger partial charge is 0.243 e. The first-order valence-electron chi connectivity index (χ1n) is 9.71. The highest BCUT2D eigenvalue weighted by molar-refractivity contribution is 7.89. The highest BCUT2D eigenvalue weighted by Crippen LogP contribution is 2.19. The summed E-state index contributed by atoms with van der Waals surface area (Å²) < 4.78 is 45.0. The summed E-state index contributed by atoms with van der Waals surface area (Å²) in [6.07, 6.45) is 0. The lowest BCUT2D eigenvalue weighted by atomic mass is 10.2. The number of hydrogen-bond donors (Lipinski definition) is 1. The predicted molar refractivity (Wildman–Crippen MR) is 111 cm³/mol. The number of ether oxygens (including phenoxy) is 1. The summed E-state index contributed by atoms with van der Waals surface area (Å²) in [6, 6.07) is 11.9. The van der Waals surface area contributed by atoms with Crippen LogP contribution in [0.25, 0.3) is 0 Å². The number of rotatable bonds is 7. The van der Waals surface area contributed by atoms with E-state index in [0.717, 1.165) is 23.4 Å². The molecule has 1 heterocycles. The second kappa shape index (κ2) is 9.55. The molecule has 0 spiro atoms. The third-order valence-corrected chi connectivity index (χ3v) is 7.19. The monoisotopic (exact) mass is 435 g/mol. The van der Waals surface area contributed by atoms with Crippen LogP contribution in [0, 0.1) is 5.82 Å². The van der Waals surface area contributed by atoms with Crippen LogP contribution in [0.5, 0.6) is 5.75 Å². The molecule has 0 bridgehead atoms. The molecular weight excluding hydrogens is 409 g/mol. The summed E-state index contributed by atoms with van der Waals surface area (Å²) in [5, 5.41) is 2.92. The number of carbonyl (C=O) groups is 1. The number of carbonyl (C=O) groups excluding carboxylic acids is 1. The van der Waals surface area contributed by atoms with E-state index in [1.807, 2.05) is 36.1 Å². The summed E-state index contributed by atoms with van der Waals surface area (Å²) >= 11 is 0. The van der Waals surface area contributed by atoms with Crippen molar-refractivity contribution in [1.82, 2.24) is 14.5 Å². The van der Waals surface area contributed by atoms with Gasteiger partial charge < -0.3 is 10.1 Å². The van der Waals surface area contributed by atoms with Gasteiger partial charge in [0.2, 0.25) is 15.9 Å². The van der Waals surface area contributed by atoms with Crippen molar-refractivity contribution in [3.05, 3.63) is 59.9 Å². The number of halogens is 1. The third-order valence-electron chi connectivity index (χ3n) is 5.28. The zero-order valence-electron chi connectivity index (χ0n) is 17.0. The van der Waals surface area contributed by atoms with Gasteiger partial charge in [-0.2, -0.15) is 4.31 Å². The molecule has 30 heavy (non-hydrogen) atoms. The third kappa shape index (κ3) is 5.16. The minimum Gasteiger partial charge on any atom is -0.497 e. The number of methoxy groups -OCH3 is 1. The maximum absolute atomic E-state index is 13.1. The molecule has 1 amide bonds. The fourth-order valence-corrected chi connectivity index (χ4v) is 4.76. The zero-order valence-corrected chi connectivity index (χ0v) is 17.9. The highest BCUT2D eigenvalue weighted by atomic mass is 32.2. The number of nitrogens with zero attached hydrogens (tertiary/aromatic N) is 2. The number of piperazine rings is 1. The Labute approximate surface area is 176 Å². The predicted octanol–water partition coefficient (Wildman–Crippen LogP) is 1.85. The molecular formula is C21H26FN3O4S. The molecule has 1 N–H and O–H groups in total. The van der Waals surface area contributed by atoms with Crippen LogP contribution in [0.2, 0.25) is 0 Å². The van der Waals surface area contributed by atoms with Gasteiger partial charge in [-0.3, -0.25) is 9.69 Å². The molecule has 3 rings (SSSR count). The van der Waals surface area contributed by atoms with Gasteiger partial charge >= 0.3 is 0 Å². The van der Waals surface area contributed by atoms with Gasteiger partial charge in [-0.05, 0) is 48.9 Å². The standard InChI is InChI=1S/C21H26FN3O4S/c1-16(21(26)23-15-17-3-7-19(29-2)8-4-17)24-11-13-25(14-12-24)30(27,28)20-9-5-18(22)6-10-20/h3-10,16H,11-15H2,1-2H3,(H,23,26)/t16-/m1/s1. The Morgan fingerprint density at radius 2 is 1.67 bits per heavy atom. The maximum Gasteiger partial charge on any atom is 0.243 e. The molecule has 1 saturated heterocycles. The Morgan fingerprint density at radius 1 is 1.07 bits per heavy atom. The van der Waals surface area contributed by atoms with Crippen molar-refractivity contribution in [3.8, 4) is 5.75 Å². The number of sulfonamides is 1. The minimum atomic E-state index is -3.67. The van der Waals surface area contributed by atoms with Crippen molar-refractivity contribution >= 4 is 15.9 Å². The van der Waals surface area contributed by atoms with Crippen LogP contribution in [-0.4, -0.2) is 62.9 Å². The van der Waals surface area contributed by atoms with Gasteiger partial charge in [0.15, 0.2) is 0 Å². The second-order valence-electron chi connectivity index (χ2n) is 7.14. The van der Waals surface area contributed by atoms with Crippen LogP contribution < -0.4 is 10.1 Å². The van der Waals surface area contributed by atoms with Crippen molar-refractivity contribution in [1.29, 1.82) is 0 Å². The van der Waals surface area contributed by atoms with E-state index in [9.17, 15) is 17.6 Å². The van der Waals surface area contributed by atoms with Crippen LogP contribution >= 0.6 is 0 Å². The SMILES string of the molecule is COc1ccc(CNC(=O)[C@@H](C)N2CCN(S(=O)(=O)c3ccc(F)cc3)CC2)cc1. The van der Waals surface area contributed by atoms with Crippen LogP contribution in [0.4, 0.5) is 4.39 Å². The average molecular weight is 436 g/mol. The van der Waals surface area contributed by atoms with E-state index in [1.54, 1.807) is 7.11 Å². The summed E-state index contributed by atoms with van der Waals surface area (Å²) in [6.45, 7) is 3.65. The summed E-state index contributed by atoms with van der Waals surface area (Å²) in [4.78, 5) is 14.6. The Balaban J connectivity index is 1.52. The number of amides is 1. The molecule has 2 aromatic rings. The first kappa shape index (κ1) is 22.2. The molecule has 162 valence electrons. The molecule has 0 aromatic heterocycles. The fourth-order valence-electron chi connectivity index (χ4n) is 3.33. The van der Waals surface area contributed by atoms with Crippen LogP contribution in [0.1, 0.15) is 12.5 Å². The average Bonchev–Trinajstić information content (AvgIpc) is 2.77. The lowest BCUT2D eigenvalue weighted by molar-refractivity contribution is -0.126. The van der Waals surface area contributed by atoms with Crippen molar-refractivity contribution in [2.24, 2.45) is 0 Å². The molecule has 7 nitrogen and oxygen atoms in total. The van der Waals surface area contributed by atoms with E-state index in [0.29, 0.717) is 19.6 Å². The lowest BCUT2D eigenvalue weighted by Gasteiger charge is -2.36. The van der Waals surface area contributed by atoms with E-state index in [1.165, 1.54) is 16.4 Å². The van der Waals surface area contributed by atoms with Gasteiger partial charge in [-0.25, -0.2) is 12.8 Å². The molecule has 0 unspecified atom stereocenters. The quantitative estimate of drug-likeness (QED) is 0.718. The molecule has 0 radical (unpaired) electrons. The van der Waals surface area contributed by atoms with Gasteiger partial charge in [-0.15, -0.1) is 0 Å². The van der Waals surface area contributed by atoms with Crippen LogP contribution in [-0.2, 0) is 21.4 Å². The molecule has 9 heteroatoms. The topological polar surface area (TPSA) is 79.0 Å². The first-order chi connectivity index (χ1) is 14.3. The number of hydrogen-bond acceptors (Lipinski definition) is 5. The number of benzene rings is 2. The van der Waals surface area contributed by atoms with Crippen molar-refractivity contribution in [2.45, 2.75) is 24.4 Å². The van der Waals surface area contributed by atoms with Crippen molar-refractivity contribution < 1.29 is 22.3 Å². The molecule has 0 saturated carbocycles. The Kier molecular flexibility index (Phi) is 7.06. The molecule has 1 fully saturated rings. The summed E-state index contributed by atoms with van der Waals surface area (Å²) in [5.74, 6) is 0.167. The molecule has 1 aliphatic heterocycles. The molecule has 0 aliphatic carbocycles. The van der Waals surface area contributed by atoms with Crippen molar-refractivity contribution in [3.63, 3.8) is 0 Å². The highest BCUT2D eigenvalue weighted by Gasteiger charge is 2.31. The molecule has 1 aliphatic rings. The number of nitrogens with one attached hydrogen (secondary N) is 1. The van der Waals surface area contributed by atoms with Gasteiger partial charge in [0, 0.05) is 32.7 Å². The van der Waals surface area contributed by atoms with E-state index in [4.69, 9.17) is 4.74 Å². The maximum atomic E-state index is 13.1. The van der Waals surface area contributed by atoms with Gasteiger partial charge in [-0.1, -0.05) is 12.1 Å². The van der Waals surface area contributed by atoms with E-state index in [2.05, 4.69) is 5.32 Å². The van der Waals surface area contributed by atoms with E-state index >= 15 is 0 Å². The Hall–Kier alpha value is -2.49. The van der Waals surface area contributed by atoms with Crippen LogP contribution in [0.3, 0.4) is 0 Å². The fraction of sp³-hybridized carbons (Fsp3) is 0.381. The normalized spacial score (nSPS) is 16.8. The Bertz CT molecular complexity index is 957. The molecule has 1 atom stereocenters. The van der Waals surface area contributed by atoms with Gasteiger partial charge in [0.1, 0.15) is 11.6 Å². The second-order valence-corrected chi connectivity index (χ2v) is 9.07. The van der Waals surface area contributed by atoms with Crippen molar-refractivity contribution in [2.75, 3.05) is 33.3 Å². The molecule has 2 aromatic carbocycles. The van der Waals surface area contributed by atoms with Gasteiger partial charge in [0.25, 0.3) is 0 Å². The van der Waals surface area contributed by atoms with Crippen LogP contribution in [0.15, 0.2) is 53.4 Å². The zero-order chi connectivity index (χ0) is 21.7. The lowest BCUT2D eigenvalue weighted by Crippen LogP contribution is -2.54. The summed E-state index contributed by atoms with van der Waals surface area (Å²) in [5.41, 5.74) is 0.964. The van der Waals surface area contributed by atoms with E-state index in [-0.39, 0.29) is 29.9 Å². The Morgan fingerprint density at radius 3 is 2.23 bits per heavy atom. The van der Waals surface area contributed by atoms with Gasteiger partial charge in [0.05, 0.1) is 18.0 Å². The largest absolute Gasteiger partial charge is 0.497 e. The first-order valence-corrected chi connectivity index (χ1v) is 11.2. The van der Waals surface area contributed by atoms with E-state index < -0.39 is 15.8 Å². The minimum absolute atomic E-state index is 0.0719.